The van der Waals surface area contributed by atoms with E-state index in [-0.39, 0.29) is 11.9 Å². The maximum Gasteiger partial charge on any atom is 0.247 e. The van der Waals surface area contributed by atoms with Crippen LogP contribution in [0.15, 0.2) is 36.7 Å². The van der Waals surface area contributed by atoms with Crippen LogP contribution < -0.4 is 0 Å². The molecule has 0 spiro atoms. The summed E-state index contributed by atoms with van der Waals surface area (Å²) in [5.74, 6) is 0.123. The first-order valence-electron chi connectivity index (χ1n) is 7.90. The second-order valence-corrected chi connectivity index (χ2v) is 5.73. The summed E-state index contributed by atoms with van der Waals surface area (Å²) in [7, 11) is 0. The fraction of sp³-hybridized carbons (Fsp3) is 0.500. The third-order valence-electron chi connectivity index (χ3n) is 4.16. The van der Waals surface area contributed by atoms with Crippen LogP contribution in [0.4, 0.5) is 0 Å². The Bertz CT molecular complexity index is 576. The number of rotatable bonds is 4. The number of carbonyl (C=O) groups excluding carboxylic acids is 1. The smallest absolute Gasteiger partial charge is 0.247 e. The molecule has 1 aromatic carbocycles. The van der Waals surface area contributed by atoms with Crippen molar-refractivity contribution in [1.29, 1.82) is 0 Å². The molecule has 1 saturated heterocycles. The zero-order valence-electron chi connectivity index (χ0n) is 12.6. The standard InChI is InChI=1S/C16H21N5O/c22-16(20-10-6-1-2-7-11-20)15(21-13-17-18-19-21)12-14-8-4-3-5-9-14/h3-5,8-9,13,15H,1-2,6-7,10-12H2/t15-/m0/s1. The van der Waals surface area contributed by atoms with Gasteiger partial charge in [0.1, 0.15) is 12.4 Å². The van der Waals surface area contributed by atoms with Gasteiger partial charge >= 0.3 is 0 Å². The van der Waals surface area contributed by atoms with Gasteiger partial charge in [-0.1, -0.05) is 43.2 Å². The van der Waals surface area contributed by atoms with Crippen molar-refractivity contribution in [3.05, 3.63) is 42.2 Å². The first-order valence-corrected chi connectivity index (χ1v) is 7.90. The molecule has 22 heavy (non-hydrogen) atoms. The van der Waals surface area contributed by atoms with Gasteiger partial charge in [-0.25, -0.2) is 4.68 Å². The predicted molar refractivity (Wildman–Crippen MR) is 82.0 cm³/mol. The van der Waals surface area contributed by atoms with Gasteiger partial charge in [-0.3, -0.25) is 4.79 Å². The molecular formula is C16H21N5O. The molecule has 1 aromatic heterocycles. The number of nitrogens with zero attached hydrogens (tertiary/aromatic N) is 5. The third kappa shape index (κ3) is 3.50. The number of tetrazole rings is 1. The minimum Gasteiger partial charge on any atom is -0.341 e. The highest BCUT2D eigenvalue weighted by Gasteiger charge is 2.27. The second kappa shape index (κ2) is 7.15. The quantitative estimate of drug-likeness (QED) is 0.864. The molecule has 0 saturated carbocycles. The highest BCUT2D eigenvalue weighted by molar-refractivity contribution is 5.80. The molecule has 0 bridgehead atoms. The lowest BCUT2D eigenvalue weighted by Crippen LogP contribution is -2.39. The fourth-order valence-electron chi connectivity index (χ4n) is 2.94. The van der Waals surface area contributed by atoms with E-state index in [4.69, 9.17) is 0 Å². The highest BCUT2D eigenvalue weighted by Crippen LogP contribution is 2.19. The van der Waals surface area contributed by atoms with E-state index in [2.05, 4.69) is 15.5 Å². The van der Waals surface area contributed by atoms with Crippen LogP contribution in [0.3, 0.4) is 0 Å². The minimum absolute atomic E-state index is 0.123. The molecule has 1 aliphatic rings. The lowest BCUT2D eigenvalue weighted by molar-refractivity contribution is -0.135. The summed E-state index contributed by atoms with van der Waals surface area (Å²) in [6, 6.07) is 9.66. The van der Waals surface area contributed by atoms with Crippen LogP contribution in [0.5, 0.6) is 0 Å². The van der Waals surface area contributed by atoms with Crippen LogP contribution in [0.25, 0.3) is 0 Å². The number of aromatic nitrogens is 4. The van der Waals surface area contributed by atoms with Crippen LogP contribution in [0, 0.1) is 0 Å². The van der Waals surface area contributed by atoms with E-state index < -0.39 is 0 Å². The molecule has 0 unspecified atom stereocenters. The van der Waals surface area contributed by atoms with Crippen LogP contribution in [-0.4, -0.2) is 44.1 Å². The molecule has 0 radical (unpaired) electrons. The summed E-state index contributed by atoms with van der Waals surface area (Å²) < 4.78 is 1.58. The van der Waals surface area contributed by atoms with E-state index >= 15 is 0 Å². The van der Waals surface area contributed by atoms with Crippen molar-refractivity contribution in [2.75, 3.05) is 13.1 Å². The van der Waals surface area contributed by atoms with Crippen molar-refractivity contribution in [3.8, 4) is 0 Å². The van der Waals surface area contributed by atoms with Crippen molar-refractivity contribution in [3.63, 3.8) is 0 Å². The molecule has 1 atom stereocenters. The third-order valence-corrected chi connectivity index (χ3v) is 4.16. The number of benzene rings is 1. The zero-order chi connectivity index (χ0) is 15.2. The van der Waals surface area contributed by atoms with Crippen molar-refractivity contribution >= 4 is 5.91 Å². The summed E-state index contributed by atoms with van der Waals surface area (Å²) in [4.78, 5) is 14.9. The zero-order valence-corrected chi connectivity index (χ0v) is 12.6. The summed E-state index contributed by atoms with van der Waals surface area (Å²) in [6.07, 6.45) is 6.72. The molecular weight excluding hydrogens is 278 g/mol. The van der Waals surface area contributed by atoms with Crippen molar-refractivity contribution in [2.45, 2.75) is 38.1 Å². The molecule has 1 aliphatic heterocycles. The van der Waals surface area contributed by atoms with Gasteiger partial charge in [-0.2, -0.15) is 0 Å². The Hall–Kier alpha value is -2.24. The summed E-state index contributed by atoms with van der Waals surface area (Å²) in [6.45, 7) is 1.68. The molecule has 1 fully saturated rings. The van der Waals surface area contributed by atoms with E-state index in [1.54, 1.807) is 4.68 Å². The maximum atomic E-state index is 13.0. The molecule has 0 N–H and O–H groups in total. The Morgan fingerprint density at radius 3 is 2.45 bits per heavy atom. The van der Waals surface area contributed by atoms with Gasteiger partial charge in [0.2, 0.25) is 5.91 Å². The van der Waals surface area contributed by atoms with Gasteiger partial charge < -0.3 is 4.90 Å². The van der Waals surface area contributed by atoms with Gasteiger partial charge in [0.05, 0.1) is 0 Å². The number of hydrogen-bond donors (Lipinski definition) is 0. The average molecular weight is 299 g/mol. The maximum absolute atomic E-state index is 13.0. The largest absolute Gasteiger partial charge is 0.341 e. The Labute approximate surface area is 130 Å². The van der Waals surface area contributed by atoms with Crippen molar-refractivity contribution in [2.24, 2.45) is 0 Å². The molecule has 0 aliphatic carbocycles. The Morgan fingerprint density at radius 2 is 1.82 bits per heavy atom. The normalized spacial score (nSPS) is 17.0. The van der Waals surface area contributed by atoms with E-state index in [0.29, 0.717) is 6.42 Å². The van der Waals surface area contributed by atoms with Gasteiger partial charge in [-0.15, -0.1) is 5.10 Å². The van der Waals surface area contributed by atoms with Gasteiger partial charge in [-0.05, 0) is 28.8 Å². The van der Waals surface area contributed by atoms with Crippen LogP contribution in [-0.2, 0) is 11.2 Å². The Balaban J connectivity index is 1.80. The van der Waals surface area contributed by atoms with E-state index in [0.717, 1.165) is 31.5 Å². The highest BCUT2D eigenvalue weighted by atomic mass is 16.2. The number of carbonyl (C=O) groups is 1. The summed E-state index contributed by atoms with van der Waals surface area (Å²) in [5, 5.41) is 11.3. The van der Waals surface area contributed by atoms with Crippen molar-refractivity contribution in [1.82, 2.24) is 25.1 Å². The molecule has 6 nitrogen and oxygen atoms in total. The van der Waals surface area contributed by atoms with Gasteiger partial charge in [0.25, 0.3) is 0 Å². The Kier molecular flexibility index (Phi) is 4.78. The monoisotopic (exact) mass is 299 g/mol. The van der Waals surface area contributed by atoms with E-state index in [1.165, 1.54) is 19.2 Å². The van der Waals surface area contributed by atoms with Gasteiger partial charge in [0.15, 0.2) is 0 Å². The molecule has 1 amide bonds. The lowest BCUT2D eigenvalue weighted by atomic mass is 10.0. The van der Waals surface area contributed by atoms with E-state index in [1.807, 2.05) is 35.2 Å². The topological polar surface area (TPSA) is 63.9 Å². The number of likely N-dealkylation sites (tertiary alicyclic amines) is 1. The SMILES string of the molecule is O=C([C@H](Cc1ccccc1)n1cnnn1)N1CCCCCC1. The molecule has 116 valence electrons. The van der Waals surface area contributed by atoms with E-state index in [9.17, 15) is 4.79 Å². The minimum atomic E-state index is -0.365. The molecule has 3 rings (SSSR count). The molecule has 6 heteroatoms. The van der Waals surface area contributed by atoms with Crippen LogP contribution in [0.1, 0.15) is 37.3 Å². The summed E-state index contributed by atoms with van der Waals surface area (Å²) >= 11 is 0. The van der Waals surface area contributed by atoms with Crippen LogP contribution in [0.2, 0.25) is 0 Å². The fourth-order valence-corrected chi connectivity index (χ4v) is 2.94. The second-order valence-electron chi connectivity index (χ2n) is 5.73. The predicted octanol–water partition coefficient (Wildman–Crippen LogP) is 1.86. The van der Waals surface area contributed by atoms with Gasteiger partial charge in [0, 0.05) is 19.5 Å². The number of amides is 1. The van der Waals surface area contributed by atoms with Crippen LogP contribution >= 0.6 is 0 Å². The van der Waals surface area contributed by atoms with Crippen molar-refractivity contribution < 1.29 is 4.79 Å². The molecule has 2 aromatic rings. The first-order chi connectivity index (χ1) is 10.8. The average Bonchev–Trinajstić information content (AvgIpc) is 2.95. The number of hydrogen-bond acceptors (Lipinski definition) is 4. The first kappa shape index (κ1) is 14.7. The Morgan fingerprint density at radius 1 is 1.09 bits per heavy atom. The lowest BCUT2D eigenvalue weighted by Gasteiger charge is -2.25. The molecule has 2 heterocycles. The summed E-state index contributed by atoms with van der Waals surface area (Å²) in [5.41, 5.74) is 1.12.